The number of likely N-dealkylation sites (tertiary alicyclic amines) is 1. The zero-order chi connectivity index (χ0) is 20.7. The summed E-state index contributed by atoms with van der Waals surface area (Å²) in [7, 11) is 0. The molecule has 29 heavy (non-hydrogen) atoms. The molecule has 6 nitrogen and oxygen atoms in total. The molecule has 1 saturated heterocycles. The van der Waals surface area contributed by atoms with Gasteiger partial charge in [-0.15, -0.1) is 35.3 Å². The van der Waals surface area contributed by atoms with Gasteiger partial charge in [-0.2, -0.15) is 13.2 Å². The van der Waals surface area contributed by atoms with Crippen molar-refractivity contribution >= 4 is 47.2 Å². The van der Waals surface area contributed by atoms with Crippen molar-refractivity contribution in [3.05, 3.63) is 16.1 Å². The van der Waals surface area contributed by atoms with Crippen molar-refractivity contribution in [1.82, 2.24) is 20.5 Å². The molecule has 0 spiro atoms. The molecular weight excluding hydrogens is 518 g/mol. The lowest BCUT2D eigenvalue weighted by Crippen LogP contribution is -2.50. The number of thiazole rings is 1. The fourth-order valence-electron chi connectivity index (χ4n) is 2.94. The molecule has 2 heterocycles. The third-order valence-electron chi connectivity index (χ3n) is 4.42. The Morgan fingerprint density at radius 1 is 1.38 bits per heavy atom. The van der Waals surface area contributed by atoms with Gasteiger partial charge in [-0.05, 0) is 19.8 Å². The van der Waals surface area contributed by atoms with Gasteiger partial charge in [0.25, 0.3) is 0 Å². The maximum Gasteiger partial charge on any atom is 0.434 e. The fraction of sp³-hybridized carbons (Fsp3) is 0.722. The molecule has 0 aromatic carbocycles. The predicted molar refractivity (Wildman–Crippen MR) is 120 cm³/mol. The number of alkyl halides is 3. The molecule has 0 aliphatic carbocycles. The Hall–Kier alpha value is -1.11. The van der Waals surface area contributed by atoms with Crippen molar-refractivity contribution in [2.75, 3.05) is 26.2 Å². The van der Waals surface area contributed by atoms with Crippen LogP contribution in [0.2, 0.25) is 0 Å². The van der Waals surface area contributed by atoms with E-state index in [9.17, 15) is 18.0 Å². The first kappa shape index (κ1) is 25.9. The van der Waals surface area contributed by atoms with Gasteiger partial charge in [-0.3, -0.25) is 9.79 Å². The largest absolute Gasteiger partial charge is 0.434 e. The summed E-state index contributed by atoms with van der Waals surface area (Å²) in [5.74, 6) is 0.830. The van der Waals surface area contributed by atoms with E-state index < -0.39 is 11.9 Å². The monoisotopic (exact) mass is 547 g/mol. The minimum atomic E-state index is -4.40. The molecule has 1 amide bonds. The second-order valence-corrected chi connectivity index (χ2v) is 7.98. The number of piperidine rings is 1. The molecule has 2 N–H and O–H groups in total. The molecule has 0 saturated carbocycles. The number of amides is 1. The van der Waals surface area contributed by atoms with E-state index in [1.807, 2.05) is 25.7 Å². The molecular formula is C18H29F3IN5OS. The van der Waals surface area contributed by atoms with Crippen molar-refractivity contribution in [1.29, 1.82) is 0 Å². The number of nitrogens with zero attached hydrogens (tertiary/aromatic N) is 3. The Morgan fingerprint density at radius 3 is 2.55 bits per heavy atom. The van der Waals surface area contributed by atoms with Gasteiger partial charge in [0, 0.05) is 49.9 Å². The van der Waals surface area contributed by atoms with Crippen LogP contribution >= 0.6 is 35.3 Å². The van der Waals surface area contributed by atoms with Gasteiger partial charge in [-0.1, -0.05) is 13.8 Å². The molecule has 1 aliphatic rings. The number of carbonyl (C=O) groups excluding carboxylic acids is 1. The van der Waals surface area contributed by atoms with Crippen molar-refractivity contribution in [2.45, 2.75) is 52.3 Å². The van der Waals surface area contributed by atoms with Crippen molar-refractivity contribution in [3.8, 4) is 0 Å². The summed E-state index contributed by atoms with van der Waals surface area (Å²) in [4.78, 5) is 22.0. The lowest BCUT2D eigenvalue weighted by Gasteiger charge is -2.34. The average Bonchev–Trinajstić information content (AvgIpc) is 3.11. The molecule has 166 valence electrons. The number of hydrogen-bond donors (Lipinski definition) is 2. The molecule has 1 aromatic heterocycles. The Kier molecular flexibility index (Phi) is 10.7. The number of halogens is 4. The van der Waals surface area contributed by atoms with Crippen LogP contribution in [-0.4, -0.2) is 54.0 Å². The second-order valence-electron chi connectivity index (χ2n) is 7.03. The maximum absolute atomic E-state index is 12.6. The first-order valence-corrected chi connectivity index (χ1v) is 10.4. The third-order valence-corrected chi connectivity index (χ3v) is 5.33. The Labute approximate surface area is 190 Å². The standard InChI is InChI=1S/C18H28F3N5OS.HI/c1-4-22-17(23-8-5-15-25-14(11-28-15)18(19,20)21)24-13-6-9-26(10-7-13)16(27)12(2)3;/h11-13H,4-10H2,1-3H3,(H2,22,23,24);1H. The summed E-state index contributed by atoms with van der Waals surface area (Å²) in [5.41, 5.74) is -0.843. The normalized spacial score (nSPS) is 16.0. The number of guanidine groups is 1. The van der Waals surface area contributed by atoms with Crippen molar-refractivity contribution in [2.24, 2.45) is 10.9 Å². The van der Waals surface area contributed by atoms with Crippen LogP contribution < -0.4 is 10.6 Å². The molecule has 1 aromatic rings. The number of carbonyl (C=O) groups is 1. The molecule has 11 heteroatoms. The van der Waals surface area contributed by atoms with Crippen LogP contribution in [0.5, 0.6) is 0 Å². The topological polar surface area (TPSA) is 69.6 Å². The average molecular weight is 547 g/mol. The summed E-state index contributed by atoms with van der Waals surface area (Å²) in [6, 6.07) is 0.214. The van der Waals surface area contributed by atoms with Gasteiger partial charge in [0.2, 0.25) is 5.91 Å². The molecule has 0 unspecified atom stereocenters. The van der Waals surface area contributed by atoms with Crippen LogP contribution in [0.4, 0.5) is 13.2 Å². The molecule has 1 aliphatic heterocycles. The van der Waals surface area contributed by atoms with E-state index in [2.05, 4.69) is 20.6 Å². The predicted octanol–water partition coefficient (Wildman–Crippen LogP) is 3.52. The SMILES string of the molecule is CCNC(=NCCc1nc(C(F)(F)F)cs1)NC1CCN(C(=O)C(C)C)CC1.I. The van der Waals surface area contributed by atoms with Crippen LogP contribution in [-0.2, 0) is 17.4 Å². The van der Waals surface area contributed by atoms with Crippen LogP contribution in [0.3, 0.4) is 0 Å². The molecule has 0 bridgehead atoms. The lowest BCUT2D eigenvalue weighted by atomic mass is 10.0. The van der Waals surface area contributed by atoms with E-state index in [1.165, 1.54) is 0 Å². The van der Waals surface area contributed by atoms with E-state index in [-0.39, 0.29) is 41.8 Å². The first-order chi connectivity index (χ1) is 13.2. The van der Waals surface area contributed by atoms with E-state index in [4.69, 9.17) is 0 Å². The third kappa shape index (κ3) is 8.27. The van der Waals surface area contributed by atoms with Crippen LogP contribution in [0.15, 0.2) is 10.4 Å². The first-order valence-electron chi connectivity index (χ1n) is 9.56. The lowest BCUT2D eigenvalue weighted by molar-refractivity contribution is -0.140. The highest BCUT2D eigenvalue weighted by atomic mass is 127. The zero-order valence-electron chi connectivity index (χ0n) is 16.9. The number of rotatable bonds is 6. The summed E-state index contributed by atoms with van der Waals surface area (Å²) < 4.78 is 37.8. The van der Waals surface area contributed by atoms with E-state index >= 15 is 0 Å². The number of nitrogens with one attached hydrogen (secondary N) is 2. The Balaban J connectivity index is 0.00000420. The van der Waals surface area contributed by atoms with Gasteiger partial charge in [0.1, 0.15) is 0 Å². The summed E-state index contributed by atoms with van der Waals surface area (Å²) in [6.07, 6.45) is -2.37. The molecule has 1 fully saturated rings. The Bertz CT molecular complexity index is 673. The highest BCUT2D eigenvalue weighted by Gasteiger charge is 2.33. The number of aromatic nitrogens is 1. The van der Waals surface area contributed by atoms with Gasteiger partial charge in [0.05, 0.1) is 5.01 Å². The van der Waals surface area contributed by atoms with Crippen molar-refractivity contribution < 1.29 is 18.0 Å². The minimum absolute atomic E-state index is 0. The van der Waals surface area contributed by atoms with E-state index in [0.717, 1.165) is 29.6 Å². The van der Waals surface area contributed by atoms with Crippen LogP contribution in [0, 0.1) is 5.92 Å². The van der Waals surface area contributed by atoms with Gasteiger partial charge in [0.15, 0.2) is 11.7 Å². The number of aliphatic imine (C=N–C) groups is 1. The maximum atomic E-state index is 12.6. The van der Waals surface area contributed by atoms with Gasteiger partial charge in [-0.25, -0.2) is 4.98 Å². The van der Waals surface area contributed by atoms with Crippen LogP contribution in [0.25, 0.3) is 0 Å². The molecule has 2 rings (SSSR count). The van der Waals surface area contributed by atoms with Gasteiger partial charge < -0.3 is 15.5 Å². The van der Waals surface area contributed by atoms with Gasteiger partial charge >= 0.3 is 6.18 Å². The van der Waals surface area contributed by atoms with Crippen molar-refractivity contribution in [3.63, 3.8) is 0 Å². The number of hydrogen-bond acceptors (Lipinski definition) is 4. The molecule has 0 atom stereocenters. The minimum Gasteiger partial charge on any atom is -0.357 e. The summed E-state index contributed by atoms with van der Waals surface area (Å²) in [5, 5.41) is 7.98. The smallest absolute Gasteiger partial charge is 0.357 e. The highest BCUT2D eigenvalue weighted by molar-refractivity contribution is 14.0. The van der Waals surface area contributed by atoms with E-state index in [1.54, 1.807) is 0 Å². The summed E-state index contributed by atoms with van der Waals surface area (Å²) in [6.45, 7) is 8.24. The fourth-order valence-corrected chi connectivity index (χ4v) is 3.74. The molecule has 0 radical (unpaired) electrons. The van der Waals surface area contributed by atoms with Crippen LogP contribution in [0.1, 0.15) is 44.3 Å². The second kappa shape index (κ2) is 11.9. The van der Waals surface area contributed by atoms with E-state index in [0.29, 0.717) is 43.6 Å². The highest BCUT2D eigenvalue weighted by Crippen LogP contribution is 2.30. The zero-order valence-corrected chi connectivity index (χ0v) is 20.0. The quantitative estimate of drug-likeness (QED) is 0.325. The summed E-state index contributed by atoms with van der Waals surface area (Å²) >= 11 is 1.00. The Morgan fingerprint density at radius 2 is 2.03 bits per heavy atom.